The maximum absolute atomic E-state index is 13.4. The Morgan fingerprint density at radius 1 is 1.23 bits per heavy atom. The average Bonchev–Trinajstić information content (AvgIpc) is 2.55. The monoisotopic (exact) mass is 386 g/mol. The standard InChI is InChI=1S/C18H15ClF4N2O/c1-10-2-3-11-8-13(20)5-7-16(11)25(10)17(26)24-15-9-12(18(21,22)23)4-6-14(15)19/h4-10H,2-3H2,1H3,(H,24,26). The van der Waals surface area contributed by atoms with Crippen molar-refractivity contribution >= 4 is 29.0 Å². The molecule has 1 aliphatic heterocycles. The lowest BCUT2D eigenvalue weighted by Gasteiger charge is -2.35. The summed E-state index contributed by atoms with van der Waals surface area (Å²) >= 11 is 5.94. The van der Waals surface area contributed by atoms with Gasteiger partial charge in [0.15, 0.2) is 0 Å². The summed E-state index contributed by atoms with van der Waals surface area (Å²) in [5.74, 6) is -0.403. The van der Waals surface area contributed by atoms with Gasteiger partial charge in [-0.1, -0.05) is 11.6 Å². The van der Waals surface area contributed by atoms with Gasteiger partial charge in [0.1, 0.15) is 5.82 Å². The van der Waals surface area contributed by atoms with E-state index >= 15 is 0 Å². The Morgan fingerprint density at radius 3 is 2.65 bits per heavy atom. The number of carbonyl (C=O) groups is 1. The Kier molecular flexibility index (Phi) is 4.84. The molecule has 2 aromatic carbocycles. The first-order valence-electron chi connectivity index (χ1n) is 7.92. The van der Waals surface area contributed by atoms with Crippen LogP contribution in [0.4, 0.5) is 33.7 Å². The smallest absolute Gasteiger partial charge is 0.306 e. The normalized spacial score (nSPS) is 17.0. The second-order valence-electron chi connectivity index (χ2n) is 6.15. The number of fused-ring (bicyclic) bond motifs is 1. The minimum Gasteiger partial charge on any atom is -0.306 e. The fraction of sp³-hybridized carbons (Fsp3) is 0.278. The summed E-state index contributed by atoms with van der Waals surface area (Å²) < 4.78 is 52.1. The van der Waals surface area contributed by atoms with Gasteiger partial charge in [-0.05, 0) is 61.7 Å². The molecule has 8 heteroatoms. The lowest BCUT2D eigenvalue weighted by molar-refractivity contribution is -0.137. The van der Waals surface area contributed by atoms with Crippen LogP contribution in [-0.4, -0.2) is 12.1 Å². The summed E-state index contributed by atoms with van der Waals surface area (Å²) in [5, 5.41) is 2.44. The van der Waals surface area contributed by atoms with Gasteiger partial charge in [0.2, 0.25) is 0 Å². The van der Waals surface area contributed by atoms with Crippen molar-refractivity contribution in [3.63, 3.8) is 0 Å². The third-order valence-electron chi connectivity index (χ3n) is 4.33. The molecule has 138 valence electrons. The van der Waals surface area contributed by atoms with Crippen molar-refractivity contribution in [2.45, 2.75) is 32.0 Å². The van der Waals surface area contributed by atoms with E-state index in [2.05, 4.69) is 5.32 Å². The molecule has 3 rings (SSSR count). The van der Waals surface area contributed by atoms with Crippen molar-refractivity contribution in [2.24, 2.45) is 0 Å². The third-order valence-corrected chi connectivity index (χ3v) is 4.66. The molecule has 1 heterocycles. The lowest BCUT2D eigenvalue weighted by atomic mass is 9.97. The van der Waals surface area contributed by atoms with E-state index in [0.29, 0.717) is 24.1 Å². The minimum absolute atomic E-state index is 0.00431. The van der Waals surface area contributed by atoms with E-state index in [1.807, 2.05) is 6.92 Å². The van der Waals surface area contributed by atoms with E-state index in [4.69, 9.17) is 11.6 Å². The molecule has 0 spiro atoms. The molecule has 0 saturated carbocycles. The van der Waals surface area contributed by atoms with E-state index in [1.165, 1.54) is 23.1 Å². The van der Waals surface area contributed by atoms with Crippen LogP contribution in [0.3, 0.4) is 0 Å². The summed E-state index contributed by atoms with van der Waals surface area (Å²) in [6, 6.07) is 6.01. The zero-order chi connectivity index (χ0) is 19.1. The third kappa shape index (κ3) is 3.62. The van der Waals surface area contributed by atoms with Crippen LogP contribution >= 0.6 is 11.6 Å². The highest BCUT2D eigenvalue weighted by Gasteiger charge is 2.32. The van der Waals surface area contributed by atoms with Crippen molar-refractivity contribution in [1.29, 1.82) is 0 Å². The molecule has 0 bridgehead atoms. The molecule has 2 aromatic rings. The van der Waals surface area contributed by atoms with Crippen LogP contribution < -0.4 is 10.2 Å². The highest BCUT2D eigenvalue weighted by Crippen LogP contribution is 2.35. The van der Waals surface area contributed by atoms with Gasteiger partial charge in [-0.25, -0.2) is 9.18 Å². The lowest BCUT2D eigenvalue weighted by Crippen LogP contribution is -2.44. The maximum atomic E-state index is 13.4. The molecule has 26 heavy (non-hydrogen) atoms. The number of anilines is 2. The van der Waals surface area contributed by atoms with E-state index in [9.17, 15) is 22.4 Å². The zero-order valence-electron chi connectivity index (χ0n) is 13.7. The van der Waals surface area contributed by atoms with Crippen LogP contribution in [0.15, 0.2) is 36.4 Å². The van der Waals surface area contributed by atoms with E-state index in [0.717, 1.165) is 18.2 Å². The molecule has 1 aliphatic rings. The summed E-state index contributed by atoms with van der Waals surface area (Å²) in [7, 11) is 0. The van der Waals surface area contributed by atoms with Gasteiger partial charge in [0.05, 0.1) is 16.3 Å². The first kappa shape index (κ1) is 18.5. The second-order valence-corrected chi connectivity index (χ2v) is 6.56. The number of benzene rings is 2. The predicted octanol–water partition coefficient (Wildman–Crippen LogP) is 5.87. The highest BCUT2D eigenvalue weighted by atomic mass is 35.5. The number of urea groups is 1. The molecule has 1 atom stereocenters. The number of hydrogen-bond donors (Lipinski definition) is 1. The molecule has 0 radical (unpaired) electrons. The topological polar surface area (TPSA) is 32.3 Å². The van der Waals surface area contributed by atoms with Crippen LogP contribution in [-0.2, 0) is 12.6 Å². The minimum atomic E-state index is -4.55. The number of nitrogens with zero attached hydrogens (tertiary/aromatic N) is 1. The first-order chi connectivity index (χ1) is 12.2. The average molecular weight is 387 g/mol. The number of rotatable bonds is 1. The first-order valence-corrected chi connectivity index (χ1v) is 8.30. The van der Waals surface area contributed by atoms with Crippen LogP contribution in [0.1, 0.15) is 24.5 Å². The Balaban J connectivity index is 1.92. The number of aryl methyl sites for hydroxylation is 1. The Bertz CT molecular complexity index is 854. The molecule has 0 fully saturated rings. The predicted molar refractivity (Wildman–Crippen MR) is 92.1 cm³/mol. The Hall–Kier alpha value is -2.28. The SMILES string of the molecule is CC1CCc2cc(F)ccc2N1C(=O)Nc1cc(C(F)(F)F)ccc1Cl. The van der Waals surface area contributed by atoms with Crippen LogP contribution in [0.25, 0.3) is 0 Å². The van der Waals surface area contributed by atoms with Gasteiger partial charge in [0, 0.05) is 11.7 Å². The van der Waals surface area contributed by atoms with E-state index in [-0.39, 0.29) is 16.8 Å². The molecule has 2 amide bonds. The summed E-state index contributed by atoms with van der Waals surface area (Å²) in [5.41, 5.74) is 0.165. The van der Waals surface area contributed by atoms with Gasteiger partial charge in [-0.3, -0.25) is 4.90 Å². The molecular formula is C18H15ClF4N2O. The summed E-state index contributed by atoms with van der Waals surface area (Å²) in [6.45, 7) is 1.82. The molecule has 1 unspecified atom stereocenters. The summed E-state index contributed by atoms with van der Waals surface area (Å²) in [6.07, 6.45) is -3.32. The molecule has 0 saturated heterocycles. The van der Waals surface area contributed by atoms with Gasteiger partial charge >= 0.3 is 12.2 Å². The van der Waals surface area contributed by atoms with Crippen LogP contribution in [0.5, 0.6) is 0 Å². The molecule has 0 aliphatic carbocycles. The number of carbonyl (C=O) groups excluding carboxylic acids is 1. The van der Waals surface area contributed by atoms with Crippen LogP contribution in [0, 0.1) is 5.82 Å². The number of amides is 2. The zero-order valence-corrected chi connectivity index (χ0v) is 14.5. The molecular weight excluding hydrogens is 372 g/mol. The Labute approximate surface area is 152 Å². The van der Waals surface area contributed by atoms with Crippen LogP contribution in [0.2, 0.25) is 5.02 Å². The fourth-order valence-electron chi connectivity index (χ4n) is 3.00. The summed E-state index contributed by atoms with van der Waals surface area (Å²) in [4.78, 5) is 14.1. The molecule has 3 nitrogen and oxygen atoms in total. The van der Waals surface area contributed by atoms with Crippen molar-refractivity contribution in [3.8, 4) is 0 Å². The highest BCUT2D eigenvalue weighted by molar-refractivity contribution is 6.33. The second kappa shape index (κ2) is 6.79. The van der Waals surface area contributed by atoms with E-state index < -0.39 is 23.6 Å². The number of nitrogens with one attached hydrogen (secondary N) is 1. The van der Waals surface area contributed by atoms with Crippen molar-refractivity contribution in [1.82, 2.24) is 0 Å². The molecule has 1 N–H and O–H groups in total. The number of halogens is 5. The van der Waals surface area contributed by atoms with Crippen molar-refractivity contribution in [3.05, 3.63) is 58.4 Å². The van der Waals surface area contributed by atoms with Gasteiger partial charge in [0.25, 0.3) is 0 Å². The van der Waals surface area contributed by atoms with Crippen molar-refractivity contribution < 1.29 is 22.4 Å². The largest absolute Gasteiger partial charge is 0.416 e. The van der Waals surface area contributed by atoms with Gasteiger partial charge < -0.3 is 5.32 Å². The van der Waals surface area contributed by atoms with Gasteiger partial charge in [-0.15, -0.1) is 0 Å². The molecule has 0 aromatic heterocycles. The van der Waals surface area contributed by atoms with E-state index in [1.54, 1.807) is 0 Å². The van der Waals surface area contributed by atoms with Crippen molar-refractivity contribution in [2.75, 3.05) is 10.2 Å². The quantitative estimate of drug-likeness (QED) is 0.611. The Morgan fingerprint density at radius 2 is 1.96 bits per heavy atom. The number of alkyl halides is 3. The fourth-order valence-corrected chi connectivity index (χ4v) is 3.17. The number of hydrogen-bond acceptors (Lipinski definition) is 1. The van der Waals surface area contributed by atoms with Gasteiger partial charge in [-0.2, -0.15) is 13.2 Å². The maximum Gasteiger partial charge on any atom is 0.416 e.